The Morgan fingerprint density at radius 1 is 1.29 bits per heavy atom. The van der Waals surface area contributed by atoms with Crippen LogP contribution < -0.4 is 5.32 Å². The van der Waals surface area contributed by atoms with E-state index in [0.717, 1.165) is 10.4 Å². The Kier molecular flexibility index (Phi) is 5.00. The van der Waals surface area contributed by atoms with Crippen LogP contribution in [0.5, 0.6) is 0 Å². The maximum Gasteiger partial charge on any atom is 0.247 e. The zero-order chi connectivity index (χ0) is 17.1. The van der Waals surface area contributed by atoms with Crippen LogP contribution >= 0.6 is 11.3 Å². The van der Waals surface area contributed by atoms with Gasteiger partial charge in [-0.2, -0.15) is 0 Å². The number of carbonyl (C=O) groups is 2. The molecule has 1 aliphatic heterocycles. The lowest BCUT2D eigenvalue weighted by molar-refractivity contribution is -0.143. The molecule has 0 spiro atoms. The van der Waals surface area contributed by atoms with Gasteiger partial charge in [0.2, 0.25) is 11.8 Å². The van der Waals surface area contributed by atoms with E-state index in [1.165, 1.54) is 5.56 Å². The third kappa shape index (κ3) is 3.51. The molecule has 126 valence electrons. The van der Waals surface area contributed by atoms with Crippen LogP contribution in [0.15, 0.2) is 41.8 Å². The molecular weight excluding hydrogens is 320 g/mol. The molecule has 0 aliphatic carbocycles. The largest absolute Gasteiger partial charge is 0.352 e. The van der Waals surface area contributed by atoms with Crippen molar-refractivity contribution in [1.29, 1.82) is 0 Å². The van der Waals surface area contributed by atoms with E-state index in [1.807, 2.05) is 41.8 Å². The first-order valence-corrected chi connectivity index (χ1v) is 9.13. The number of carbonyl (C=O) groups excluding carboxylic acids is 2. The molecule has 3 rings (SSSR count). The van der Waals surface area contributed by atoms with Gasteiger partial charge in [-0.15, -0.1) is 11.3 Å². The molecule has 5 heteroatoms. The lowest BCUT2D eigenvalue weighted by atomic mass is 9.97. The van der Waals surface area contributed by atoms with Crippen molar-refractivity contribution >= 4 is 23.2 Å². The predicted molar refractivity (Wildman–Crippen MR) is 96.0 cm³/mol. The van der Waals surface area contributed by atoms with Crippen molar-refractivity contribution in [2.75, 3.05) is 13.1 Å². The zero-order valence-electron chi connectivity index (χ0n) is 14.0. The molecule has 4 nitrogen and oxygen atoms in total. The van der Waals surface area contributed by atoms with Gasteiger partial charge in [0, 0.05) is 18.0 Å². The molecule has 1 saturated heterocycles. The summed E-state index contributed by atoms with van der Waals surface area (Å²) in [5.41, 5.74) is 2.10. The summed E-state index contributed by atoms with van der Waals surface area (Å²) in [4.78, 5) is 27.9. The van der Waals surface area contributed by atoms with Crippen LogP contribution in [-0.4, -0.2) is 29.8 Å². The second kappa shape index (κ2) is 7.18. The van der Waals surface area contributed by atoms with E-state index >= 15 is 0 Å². The van der Waals surface area contributed by atoms with E-state index in [0.29, 0.717) is 25.4 Å². The highest BCUT2D eigenvalue weighted by molar-refractivity contribution is 7.10. The molecule has 0 bridgehead atoms. The van der Waals surface area contributed by atoms with Gasteiger partial charge in [-0.3, -0.25) is 9.59 Å². The minimum Gasteiger partial charge on any atom is -0.352 e. The summed E-state index contributed by atoms with van der Waals surface area (Å²) in [5.74, 6) is 0.346. The van der Waals surface area contributed by atoms with Crippen molar-refractivity contribution in [2.24, 2.45) is 0 Å². The molecule has 2 heterocycles. The molecule has 2 aromatic rings. The monoisotopic (exact) mass is 342 g/mol. The first kappa shape index (κ1) is 16.7. The topological polar surface area (TPSA) is 49.4 Å². The average molecular weight is 342 g/mol. The lowest BCUT2D eigenvalue weighted by Crippen LogP contribution is -2.52. The fraction of sp³-hybridized carbons (Fsp3) is 0.368. The molecule has 1 atom stereocenters. The average Bonchev–Trinajstić information content (AvgIpc) is 3.07. The summed E-state index contributed by atoms with van der Waals surface area (Å²) in [5, 5.41) is 4.85. The lowest BCUT2D eigenvalue weighted by Gasteiger charge is -2.35. The van der Waals surface area contributed by atoms with Gasteiger partial charge in [-0.05, 0) is 28.5 Å². The molecular formula is C19H22N2O2S. The number of nitrogens with one attached hydrogen (secondary N) is 1. The molecule has 1 aliphatic rings. The van der Waals surface area contributed by atoms with E-state index < -0.39 is 6.04 Å². The Labute approximate surface area is 146 Å². The van der Waals surface area contributed by atoms with Gasteiger partial charge < -0.3 is 10.2 Å². The number of thiophene rings is 1. The van der Waals surface area contributed by atoms with Crippen molar-refractivity contribution < 1.29 is 9.59 Å². The van der Waals surface area contributed by atoms with Gasteiger partial charge in [0.15, 0.2) is 0 Å². The third-order valence-corrected chi connectivity index (χ3v) is 5.23. The van der Waals surface area contributed by atoms with Crippen LogP contribution in [0.4, 0.5) is 0 Å². The highest BCUT2D eigenvalue weighted by Gasteiger charge is 2.34. The van der Waals surface area contributed by atoms with Crippen LogP contribution in [0.3, 0.4) is 0 Å². The number of benzene rings is 1. The summed E-state index contributed by atoms with van der Waals surface area (Å²) < 4.78 is 0. The highest BCUT2D eigenvalue weighted by Crippen LogP contribution is 2.26. The smallest absolute Gasteiger partial charge is 0.247 e. The van der Waals surface area contributed by atoms with E-state index in [1.54, 1.807) is 16.2 Å². The minimum atomic E-state index is -0.535. The van der Waals surface area contributed by atoms with Crippen molar-refractivity contribution in [3.63, 3.8) is 0 Å². The quantitative estimate of drug-likeness (QED) is 0.928. The van der Waals surface area contributed by atoms with Crippen LogP contribution in [0.1, 0.15) is 41.8 Å². The first-order chi connectivity index (χ1) is 11.6. The SMILES string of the molecule is CC(C)c1ccc(C2C(=O)NCCN2C(=O)Cc2cccs2)cc1. The van der Waals surface area contributed by atoms with Crippen molar-refractivity contribution in [3.8, 4) is 0 Å². The number of piperazine rings is 1. The molecule has 0 radical (unpaired) electrons. The first-order valence-electron chi connectivity index (χ1n) is 8.25. The minimum absolute atomic E-state index is 0.00485. The fourth-order valence-corrected chi connectivity index (χ4v) is 3.69. The van der Waals surface area contributed by atoms with Crippen molar-refractivity contribution in [3.05, 3.63) is 57.8 Å². The Balaban J connectivity index is 1.83. The van der Waals surface area contributed by atoms with Crippen molar-refractivity contribution in [1.82, 2.24) is 10.2 Å². The molecule has 1 unspecified atom stereocenters. The number of amides is 2. The summed E-state index contributed by atoms with van der Waals surface area (Å²) in [6, 6.07) is 11.4. The van der Waals surface area contributed by atoms with Crippen LogP contribution in [0, 0.1) is 0 Å². The molecule has 24 heavy (non-hydrogen) atoms. The van der Waals surface area contributed by atoms with Gasteiger partial charge in [-0.25, -0.2) is 0 Å². The van der Waals surface area contributed by atoms with E-state index in [2.05, 4.69) is 19.2 Å². The molecule has 1 N–H and O–H groups in total. The van der Waals surface area contributed by atoms with Gasteiger partial charge in [0.1, 0.15) is 6.04 Å². The van der Waals surface area contributed by atoms with Crippen molar-refractivity contribution in [2.45, 2.75) is 32.2 Å². The number of rotatable bonds is 4. The van der Waals surface area contributed by atoms with Gasteiger partial charge >= 0.3 is 0 Å². The number of nitrogens with zero attached hydrogens (tertiary/aromatic N) is 1. The standard InChI is InChI=1S/C19H22N2O2S/c1-13(2)14-5-7-15(8-6-14)18-19(23)20-9-10-21(18)17(22)12-16-4-3-11-24-16/h3-8,11,13,18H,9-10,12H2,1-2H3,(H,20,23). The third-order valence-electron chi connectivity index (χ3n) is 4.36. The Morgan fingerprint density at radius 2 is 2.04 bits per heavy atom. The van der Waals surface area contributed by atoms with Crippen LogP contribution in [0.25, 0.3) is 0 Å². The summed E-state index contributed by atoms with van der Waals surface area (Å²) in [6.45, 7) is 5.33. The fourth-order valence-electron chi connectivity index (χ4n) is 2.99. The second-order valence-electron chi connectivity index (χ2n) is 6.36. The highest BCUT2D eigenvalue weighted by atomic mass is 32.1. The number of hydrogen-bond donors (Lipinski definition) is 1. The molecule has 1 aromatic carbocycles. The zero-order valence-corrected chi connectivity index (χ0v) is 14.8. The maximum atomic E-state index is 12.7. The molecule has 2 amide bonds. The molecule has 0 saturated carbocycles. The van der Waals surface area contributed by atoms with Crippen LogP contribution in [0.2, 0.25) is 0 Å². The van der Waals surface area contributed by atoms with E-state index in [-0.39, 0.29) is 11.8 Å². The normalized spacial score (nSPS) is 17.9. The van der Waals surface area contributed by atoms with Gasteiger partial charge in [0.05, 0.1) is 6.42 Å². The maximum absolute atomic E-state index is 12.7. The Hall–Kier alpha value is -2.14. The molecule has 1 fully saturated rings. The Bertz CT molecular complexity index is 707. The predicted octanol–water partition coefficient (Wildman–Crippen LogP) is 3.11. The van der Waals surface area contributed by atoms with Gasteiger partial charge in [-0.1, -0.05) is 44.2 Å². The summed E-state index contributed by atoms with van der Waals surface area (Å²) in [6.07, 6.45) is 0.353. The Morgan fingerprint density at radius 3 is 2.67 bits per heavy atom. The summed E-state index contributed by atoms with van der Waals surface area (Å²) >= 11 is 1.57. The van der Waals surface area contributed by atoms with Crippen LogP contribution in [-0.2, 0) is 16.0 Å². The number of hydrogen-bond acceptors (Lipinski definition) is 3. The second-order valence-corrected chi connectivity index (χ2v) is 7.39. The molecule has 1 aromatic heterocycles. The summed E-state index contributed by atoms with van der Waals surface area (Å²) in [7, 11) is 0. The van der Waals surface area contributed by atoms with Gasteiger partial charge in [0.25, 0.3) is 0 Å². The van der Waals surface area contributed by atoms with E-state index in [4.69, 9.17) is 0 Å². The van der Waals surface area contributed by atoms with E-state index in [9.17, 15) is 9.59 Å².